The molecule has 4 N–H and O–H groups in total. The van der Waals surface area contributed by atoms with Crippen molar-refractivity contribution in [2.75, 3.05) is 58.5 Å². The van der Waals surface area contributed by atoms with Gasteiger partial charge in [0.05, 0.1) is 51.7 Å². The van der Waals surface area contributed by atoms with E-state index in [2.05, 4.69) is 33.4 Å². The van der Waals surface area contributed by atoms with Crippen molar-refractivity contribution >= 4 is 29.8 Å². The highest BCUT2D eigenvalue weighted by molar-refractivity contribution is 8.00. The van der Waals surface area contributed by atoms with Gasteiger partial charge in [-0.05, 0) is 44.9 Å². The summed E-state index contributed by atoms with van der Waals surface area (Å²) >= 11 is 1.90. The lowest BCUT2D eigenvalue weighted by Crippen LogP contribution is -2.36. The third-order valence-electron chi connectivity index (χ3n) is 6.90. The number of urea groups is 1. The molecule has 3 aliphatic rings. The van der Waals surface area contributed by atoms with E-state index in [0.29, 0.717) is 64.4 Å². The number of hydrogen-bond acceptors (Lipinski definition) is 8. The maximum Gasteiger partial charge on any atom is 0.407 e. The Morgan fingerprint density at radius 3 is 2.41 bits per heavy atom. The Hall–Kier alpha value is -2.02. The molecule has 1 unspecified atom stereocenters. The van der Waals surface area contributed by atoms with Crippen LogP contribution in [0.5, 0.6) is 0 Å². The molecule has 11 nitrogen and oxygen atoms in total. The van der Waals surface area contributed by atoms with Gasteiger partial charge in [-0.1, -0.05) is 18.6 Å². The fourth-order valence-corrected chi connectivity index (χ4v) is 6.37. The van der Waals surface area contributed by atoms with Crippen molar-refractivity contribution < 1.29 is 33.3 Å². The van der Waals surface area contributed by atoms with Gasteiger partial charge in [0.1, 0.15) is 6.10 Å². The highest BCUT2D eigenvalue weighted by Gasteiger charge is 2.42. The summed E-state index contributed by atoms with van der Waals surface area (Å²) in [7, 11) is 0. The van der Waals surface area contributed by atoms with Gasteiger partial charge in [-0.2, -0.15) is 11.8 Å². The zero-order valence-corrected chi connectivity index (χ0v) is 23.8. The Labute approximate surface area is 236 Å². The molecular formula is C27H46N4O7S. The number of hydrogen-bond donors (Lipinski definition) is 4. The number of nitrogens with one attached hydrogen (secondary N) is 4. The molecule has 2 saturated heterocycles. The topological polar surface area (TPSA) is 136 Å². The summed E-state index contributed by atoms with van der Waals surface area (Å²) in [6.07, 6.45) is 12.1. The van der Waals surface area contributed by atoms with E-state index in [9.17, 15) is 14.4 Å². The lowest BCUT2D eigenvalue weighted by Gasteiger charge is -2.18. The van der Waals surface area contributed by atoms with E-state index >= 15 is 0 Å². The predicted octanol–water partition coefficient (Wildman–Crippen LogP) is 2.49. The number of rotatable bonds is 18. The molecule has 0 spiro atoms. The van der Waals surface area contributed by atoms with Gasteiger partial charge in [0.25, 0.3) is 0 Å². The summed E-state index contributed by atoms with van der Waals surface area (Å²) in [5.74, 6) is 1.00. The third-order valence-corrected chi connectivity index (χ3v) is 8.41. The van der Waals surface area contributed by atoms with Crippen molar-refractivity contribution in [3.63, 3.8) is 0 Å². The maximum absolute atomic E-state index is 12.0. The summed E-state index contributed by atoms with van der Waals surface area (Å²) < 4.78 is 21.9. The van der Waals surface area contributed by atoms with Gasteiger partial charge in [-0.25, -0.2) is 9.59 Å². The fraction of sp³-hybridized carbons (Fsp3) is 0.815. The molecule has 222 valence electrons. The second-order valence-electron chi connectivity index (χ2n) is 9.99. The number of thioether (sulfide) groups is 1. The van der Waals surface area contributed by atoms with Gasteiger partial charge in [-0.3, -0.25) is 4.79 Å². The molecule has 1 aliphatic carbocycles. The van der Waals surface area contributed by atoms with Gasteiger partial charge in [0, 0.05) is 30.5 Å². The molecule has 0 saturated carbocycles. The van der Waals surface area contributed by atoms with Gasteiger partial charge < -0.3 is 40.2 Å². The van der Waals surface area contributed by atoms with Crippen molar-refractivity contribution in [3.05, 3.63) is 12.2 Å². The summed E-state index contributed by atoms with van der Waals surface area (Å²) in [5, 5.41) is 12.0. The van der Waals surface area contributed by atoms with E-state index in [1.54, 1.807) is 0 Å². The maximum atomic E-state index is 12.0. The lowest BCUT2D eigenvalue weighted by molar-refractivity contribution is -0.121. The second kappa shape index (κ2) is 19.1. The van der Waals surface area contributed by atoms with Crippen LogP contribution in [0.3, 0.4) is 0 Å². The van der Waals surface area contributed by atoms with Crippen LogP contribution in [0.15, 0.2) is 12.2 Å². The predicted molar refractivity (Wildman–Crippen MR) is 150 cm³/mol. The van der Waals surface area contributed by atoms with Crippen molar-refractivity contribution in [1.82, 2.24) is 21.3 Å². The van der Waals surface area contributed by atoms with Crippen LogP contribution in [0.4, 0.5) is 9.59 Å². The quantitative estimate of drug-likeness (QED) is 0.112. The van der Waals surface area contributed by atoms with Crippen molar-refractivity contribution in [2.24, 2.45) is 0 Å². The minimum absolute atomic E-state index is 0.00938. The van der Waals surface area contributed by atoms with Crippen molar-refractivity contribution in [3.8, 4) is 0 Å². The number of carbonyl (C=O) groups is 3. The Morgan fingerprint density at radius 2 is 1.62 bits per heavy atom. The molecule has 12 heteroatoms. The number of alkyl carbamates (subject to hydrolysis) is 1. The first-order valence-electron chi connectivity index (χ1n) is 14.4. The van der Waals surface area contributed by atoms with Gasteiger partial charge in [0.15, 0.2) is 0 Å². The first-order valence-corrected chi connectivity index (χ1v) is 15.4. The molecule has 3 rings (SSSR count). The van der Waals surface area contributed by atoms with Crippen LogP contribution < -0.4 is 21.3 Å². The van der Waals surface area contributed by atoms with Gasteiger partial charge in [0.2, 0.25) is 5.91 Å². The van der Waals surface area contributed by atoms with Crippen LogP contribution in [0.2, 0.25) is 0 Å². The molecule has 0 bridgehead atoms. The molecule has 0 aromatic carbocycles. The third kappa shape index (κ3) is 13.3. The van der Waals surface area contributed by atoms with E-state index in [-0.39, 0.29) is 36.2 Å². The van der Waals surface area contributed by atoms with E-state index in [4.69, 9.17) is 18.9 Å². The number of allylic oxidation sites excluding steroid dienone is 2. The molecule has 0 radical (unpaired) electrons. The van der Waals surface area contributed by atoms with Crippen LogP contribution in [0, 0.1) is 0 Å². The smallest absolute Gasteiger partial charge is 0.407 e. The van der Waals surface area contributed by atoms with E-state index in [0.717, 1.165) is 57.1 Å². The van der Waals surface area contributed by atoms with Crippen LogP contribution >= 0.6 is 11.8 Å². The average Bonchev–Trinajstić information content (AvgIpc) is 3.45. The highest BCUT2D eigenvalue weighted by atomic mass is 32.2. The zero-order valence-electron chi connectivity index (χ0n) is 23.0. The average molecular weight is 571 g/mol. The SMILES string of the molecule is O=C(CCCC[C@H]1SC[C@H]2NC(=O)N[C@H]21)NCCOCCOCCOCCNC(=O)OC1CC/C=C/CCC1. The Kier molecular flexibility index (Phi) is 15.4. The first kappa shape index (κ1) is 31.5. The molecule has 2 fully saturated rings. The largest absolute Gasteiger partial charge is 0.446 e. The molecular weight excluding hydrogens is 524 g/mol. The summed E-state index contributed by atoms with van der Waals surface area (Å²) in [4.78, 5) is 35.3. The monoisotopic (exact) mass is 570 g/mol. The molecule has 39 heavy (non-hydrogen) atoms. The normalized spacial score (nSPS) is 25.1. The van der Waals surface area contributed by atoms with E-state index in [1.807, 2.05) is 11.8 Å². The number of unbranched alkanes of at least 4 members (excludes halogenated alkanes) is 1. The van der Waals surface area contributed by atoms with Gasteiger partial charge >= 0.3 is 12.1 Å². The minimum Gasteiger partial charge on any atom is -0.446 e. The van der Waals surface area contributed by atoms with Crippen molar-refractivity contribution in [2.45, 2.75) is 81.2 Å². The molecule has 0 aromatic heterocycles. The molecule has 2 aliphatic heterocycles. The van der Waals surface area contributed by atoms with Crippen LogP contribution in [-0.2, 0) is 23.7 Å². The lowest BCUT2D eigenvalue weighted by atomic mass is 10.0. The Balaban J connectivity index is 1.02. The first-order chi connectivity index (χ1) is 19.1. The summed E-state index contributed by atoms with van der Waals surface area (Å²) in [5.41, 5.74) is 0. The minimum atomic E-state index is -0.381. The van der Waals surface area contributed by atoms with E-state index < -0.39 is 0 Å². The van der Waals surface area contributed by atoms with Crippen molar-refractivity contribution in [1.29, 1.82) is 0 Å². The molecule has 0 aromatic rings. The number of ether oxygens (including phenoxy) is 4. The molecule has 2 heterocycles. The Bertz CT molecular complexity index is 772. The van der Waals surface area contributed by atoms with Gasteiger partial charge in [-0.15, -0.1) is 0 Å². The zero-order chi connectivity index (χ0) is 27.5. The number of amides is 4. The number of fused-ring (bicyclic) bond motifs is 1. The van der Waals surface area contributed by atoms with Crippen LogP contribution in [0.25, 0.3) is 0 Å². The standard InChI is InChI=1S/C27H46N4O7S/c32-24(11-7-6-10-23-25-22(20-39-23)30-26(33)31-25)28-12-14-35-16-18-37-19-17-36-15-13-29-27(34)38-21-8-4-2-1-3-5-9-21/h1-2,21-23,25H,3-20H2,(H,28,32)(H,29,34)(H2,30,31,33)/b2-1+/t21?,22-,23-,25-/m1/s1. The fourth-order valence-electron chi connectivity index (χ4n) is 4.83. The molecule has 4 amide bonds. The summed E-state index contributed by atoms with van der Waals surface area (Å²) in [6, 6.07) is 0.415. The second-order valence-corrected chi connectivity index (χ2v) is 11.3. The van der Waals surface area contributed by atoms with Crippen LogP contribution in [-0.4, -0.2) is 100.0 Å². The summed E-state index contributed by atoms with van der Waals surface area (Å²) in [6.45, 7) is 3.52. The molecule has 4 atom stereocenters. The Morgan fingerprint density at radius 1 is 0.897 bits per heavy atom. The van der Waals surface area contributed by atoms with E-state index in [1.165, 1.54) is 0 Å². The van der Waals surface area contributed by atoms with Crippen LogP contribution in [0.1, 0.15) is 57.8 Å². The highest BCUT2D eigenvalue weighted by Crippen LogP contribution is 2.33. The number of carbonyl (C=O) groups excluding carboxylic acids is 3.